The Morgan fingerprint density at radius 3 is 2.23 bits per heavy atom. The van der Waals surface area contributed by atoms with E-state index in [-0.39, 0.29) is 38.9 Å². The topological polar surface area (TPSA) is 133 Å². The monoisotopic (exact) mass is 461 g/mol. The Labute approximate surface area is 177 Å². The molecule has 1 unspecified atom stereocenters. The molecule has 168 valence electrons. The van der Waals surface area contributed by atoms with Gasteiger partial charge in [0, 0.05) is 25.3 Å². The normalized spacial score (nSPS) is 22.5. The average Bonchev–Trinajstić information content (AvgIpc) is 2.74. The molecule has 0 bridgehead atoms. The molecule has 30 heavy (non-hydrogen) atoms. The summed E-state index contributed by atoms with van der Waals surface area (Å²) in [5.41, 5.74) is 0.406. The van der Waals surface area contributed by atoms with Gasteiger partial charge < -0.3 is 9.84 Å². The number of aliphatic carboxylic acids is 1. The van der Waals surface area contributed by atoms with Crippen LogP contribution in [0.25, 0.3) is 0 Å². The Kier molecular flexibility index (Phi) is 6.90. The molecule has 2 aliphatic heterocycles. The standard InChI is InChI=1S/C18H27N3O7S2/c1-28-15-7-5-14(6-8-15)19-29(24,25)16-9-12-20(13-10-16)30(26,27)21-11-3-2-4-17(21)18(22)23/h5-8,16-17,19H,2-4,9-13H2,1H3,(H,22,23). The molecule has 0 amide bonds. The molecule has 0 saturated carbocycles. The number of nitrogens with zero attached hydrogens (tertiary/aromatic N) is 2. The van der Waals surface area contributed by atoms with Gasteiger partial charge in [0.05, 0.1) is 12.4 Å². The van der Waals surface area contributed by atoms with Crippen molar-refractivity contribution in [3.8, 4) is 5.75 Å². The van der Waals surface area contributed by atoms with Gasteiger partial charge in [-0.05, 0) is 56.4 Å². The predicted molar refractivity (Wildman–Crippen MR) is 111 cm³/mol. The summed E-state index contributed by atoms with van der Waals surface area (Å²) >= 11 is 0. The fraction of sp³-hybridized carbons (Fsp3) is 0.611. The van der Waals surface area contributed by atoms with Gasteiger partial charge in [-0.25, -0.2) is 8.42 Å². The summed E-state index contributed by atoms with van der Waals surface area (Å²) in [4.78, 5) is 11.5. The molecule has 10 nitrogen and oxygen atoms in total. The van der Waals surface area contributed by atoms with Crippen LogP contribution in [0.4, 0.5) is 5.69 Å². The number of carboxylic acids is 1. The largest absolute Gasteiger partial charge is 0.497 e. The minimum atomic E-state index is -3.96. The SMILES string of the molecule is COc1ccc(NS(=O)(=O)C2CCN(S(=O)(=O)N3CCCCC3C(=O)O)CC2)cc1. The van der Waals surface area contributed by atoms with E-state index in [4.69, 9.17) is 4.74 Å². The number of carbonyl (C=O) groups is 1. The minimum absolute atomic E-state index is 0.0271. The minimum Gasteiger partial charge on any atom is -0.497 e. The summed E-state index contributed by atoms with van der Waals surface area (Å²) in [6.45, 7) is 0.218. The Morgan fingerprint density at radius 2 is 1.67 bits per heavy atom. The van der Waals surface area contributed by atoms with Crippen LogP contribution in [0.2, 0.25) is 0 Å². The highest BCUT2D eigenvalue weighted by Gasteiger charge is 2.42. The highest BCUT2D eigenvalue weighted by Crippen LogP contribution is 2.27. The van der Waals surface area contributed by atoms with Crippen molar-refractivity contribution in [2.75, 3.05) is 31.5 Å². The van der Waals surface area contributed by atoms with Gasteiger partial charge in [0.2, 0.25) is 10.0 Å². The number of nitrogens with one attached hydrogen (secondary N) is 1. The maximum atomic E-state index is 13.0. The first kappa shape index (κ1) is 22.8. The van der Waals surface area contributed by atoms with E-state index in [1.54, 1.807) is 24.3 Å². The summed E-state index contributed by atoms with van der Waals surface area (Å²) in [5.74, 6) is -0.548. The zero-order valence-electron chi connectivity index (χ0n) is 16.7. The molecule has 2 heterocycles. The Bertz CT molecular complexity index is 956. The van der Waals surface area contributed by atoms with E-state index < -0.39 is 37.5 Å². The molecule has 2 fully saturated rings. The van der Waals surface area contributed by atoms with Gasteiger partial charge in [-0.2, -0.15) is 17.0 Å². The van der Waals surface area contributed by atoms with Crippen LogP contribution in [-0.4, -0.2) is 74.6 Å². The van der Waals surface area contributed by atoms with Crippen molar-refractivity contribution >= 4 is 31.9 Å². The van der Waals surface area contributed by atoms with Crippen LogP contribution in [0, 0.1) is 0 Å². The van der Waals surface area contributed by atoms with Gasteiger partial charge in [-0.3, -0.25) is 9.52 Å². The lowest BCUT2D eigenvalue weighted by Gasteiger charge is -2.38. The molecule has 1 aromatic carbocycles. The number of sulfonamides is 1. The number of methoxy groups -OCH3 is 1. The van der Waals surface area contributed by atoms with Crippen LogP contribution in [0.1, 0.15) is 32.1 Å². The lowest BCUT2D eigenvalue weighted by atomic mass is 10.1. The third-order valence-corrected chi connectivity index (χ3v) is 9.47. The molecule has 1 aromatic rings. The molecule has 0 spiro atoms. The number of hydrogen-bond donors (Lipinski definition) is 2. The molecule has 1 atom stereocenters. The zero-order valence-corrected chi connectivity index (χ0v) is 18.4. The fourth-order valence-corrected chi connectivity index (χ4v) is 7.16. The summed E-state index contributed by atoms with van der Waals surface area (Å²) in [6.07, 6.45) is 1.83. The molecule has 12 heteroatoms. The summed E-state index contributed by atoms with van der Waals surface area (Å²) < 4.78 is 61.2. The molecule has 2 aliphatic rings. The van der Waals surface area contributed by atoms with Crippen LogP contribution in [0.15, 0.2) is 24.3 Å². The number of hydrogen-bond acceptors (Lipinski definition) is 6. The van der Waals surface area contributed by atoms with E-state index in [9.17, 15) is 26.7 Å². The molecule has 2 N–H and O–H groups in total. The van der Waals surface area contributed by atoms with Crippen molar-refractivity contribution in [2.24, 2.45) is 0 Å². The lowest BCUT2D eigenvalue weighted by Crippen LogP contribution is -2.55. The predicted octanol–water partition coefficient (Wildman–Crippen LogP) is 1.09. The van der Waals surface area contributed by atoms with Crippen molar-refractivity contribution in [3.05, 3.63) is 24.3 Å². The second-order valence-electron chi connectivity index (χ2n) is 7.44. The number of carboxylic acid groups (broad SMARTS) is 1. The molecular weight excluding hydrogens is 434 g/mol. The van der Waals surface area contributed by atoms with Gasteiger partial charge in [0.1, 0.15) is 11.8 Å². The van der Waals surface area contributed by atoms with Crippen LogP contribution in [0.3, 0.4) is 0 Å². The maximum absolute atomic E-state index is 13.0. The van der Waals surface area contributed by atoms with Gasteiger partial charge in [-0.1, -0.05) is 0 Å². The highest BCUT2D eigenvalue weighted by atomic mass is 32.2. The lowest BCUT2D eigenvalue weighted by molar-refractivity contribution is -0.142. The van der Waals surface area contributed by atoms with E-state index >= 15 is 0 Å². The molecule has 3 rings (SSSR count). The van der Waals surface area contributed by atoms with Gasteiger partial charge >= 0.3 is 5.97 Å². The Balaban J connectivity index is 1.64. The summed E-state index contributed by atoms with van der Waals surface area (Å²) in [5, 5.41) is 8.64. The molecule has 0 aliphatic carbocycles. The van der Waals surface area contributed by atoms with E-state index in [0.717, 1.165) is 4.31 Å². The second kappa shape index (κ2) is 9.08. The number of piperidine rings is 2. The van der Waals surface area contributed by atoms with Gasteiger partial charge in [-0.15, -0.1) is 0 Å². The zero-order chi connectivity index (χ0) is 21.9. The smallest absolute Gasteiger partial charge is 0.322 e. The molecular formula is C18H27N3O7S2. The average molecular weight is 462 g/mol. The van der Waals surface area contributed by atoms with Crippen LogP contribution in [0.5, 0.6) is 5.75 Å². The van der Waals surface area contributed by atoms with Crippen molar-refractivity contribution in [2.45, 2.75) is 43.4 Å². The molecule has 0 radical (unpaired) electrons. The quantitative estimate of drug-likeness (QED) is 0.621. The number of anilines is 1. The van der Waals surface area contributed by atoms with Crippen molar-refractivity contribution in [1.82, 2.24) is 8.61 Å². The second-order valence-corrected chi connectivity index (χ2v) is 11.3. The van der Waals surface area contributed by atoms with Gasteiger partial charge in [0.25, 0.3) is 10.2 Å². The van der Waals surface area contributed by atoms with E-state index in [1.807, 2.05) is 0 Å². The highest BCUT2D eigenvalue weighted by molar-refractivity contribution is 7.93. The van der Waals surface area contributed by atoms with Crippen molar-refractivity contribution in [1.29, 1.82) is 0 Å². The number of rotatable bonds is 7. The first-order valence-electron chi connectivity index (χ1n) is 9.80. The summed E-state index contributed by atoms with van der Waals surface area (Å²) in [6, 6.07) is 5.41. The van der Waals surface area contributed by atoms with Crippen molar-refractivity contribution in [3.63, 3.8) is 0 Å². The molecule has 2 saturated heterocycles. The Hall–Kier alpha value is -1.89. The number of ether oxygens (including phenoxy) is 1. The van der Waals surface area contributed by atoms with E-state index in [1.165, 1.54) is 11.4 Å². The number of benzene rings is 1. The van der Waals surface area contributed by atoms with Gasteiger partial charge in [0.15, 0.2) is 0 Å². The first-order chi connectivity index (χ1) is 14.1. The Morgan fingerprint density at radius 1 is 1.03 bits per heavy atom. The van der Waals surface area contributed by atoms with E-state index in [0.29, 0.717) is 24.3 Å². The molecule has 0 aromatic heterocycles. The first-order valence-corrected chi connectivity index (χ1v) is 12.7. The van der Waals surface area contributed by atoms with E-state index in [2.05, 4.69) is 4.72 Å². The third kappa shape index (κ3) is 4.88. The van der Waals surface area contributed by atoms with Crippen LogP contribution < -0.4 is 9.46 Å². The maximum Gasteiger partial charge on any atom is 0.322 e. The van der Waals surface area contributed by atoms with Crippen LogP contribution >= 0.6 is 0 Å². The summed E-state index contributed by atoms with van der Waals surface area (Å²) in [7, 11) is -6.13. The van der Waals surface area contributed by atoms with Crippen molar-refractivity contribution < 1.29 is 31.5 Å². The fourth-order valence-electron chi connectivity index (χ4n) is 3.86. The third-order valence-electron chi connectivity index (χ3n) is 5.55. The van der Waals surface area contributed by atoms with Crippen LogP contribution in [-0.2, 0) is 25.0 Å².